The molecule has 0 amide bonds. The molecule has 0 saturated carbocycles. The minimum Gasteiger partial charge on any atom is -0.481 e. The second kappa shape index (κ2) is 9.86. The number of nitro groups is 1. The van der Waals surface area contributed by atoms with Crippen molar-refractivity contribution in [2.75, 3.05) is 0 Å². The molecule has 4 rings (SSSR count). The first kappa shape index (κ1) is 23.8. The van der Waals surface area contributed by atoms with Gasteiger partial charge in [0.15, 0.2) is 0 Å². The van der Waals surface area contributed by atoms with Crippen LogP contribution in [0.25, 0.3) is 10.9 Å². The van der Waals surface area contributed by atoms with E-state index in [2.05, 4.69) is 41.9 Å². The second-order valence-electron chi connectivity index (χ2n) is 7.56. The molecule has 0 N–H and O–H groups in total. The fraction of sp³-hybridized carbons (Fsp3) is 0.125. The average Bonchev–Trinajstić information content (AvgIpc) is 2.78. The Hall–Kier alpha value is -3.37. The predicted octanol–water partition coefficient (Wildman–Crippen LogP) is 5.91. The van der Waals surface area contributed by atoms with Crippen LogP contribution in [0.2, 0.25) is 0 Å². The number of nitro benzene ring substituents is 1. The lowest BCUT2D eigenvalue weighted by molar-refractivity contribution is -0.386. The molecular weight excluding hydrogens is 568 g/mol. The Labute approximate surface area is 211 Å². The Morgan fingerprint density at radius 3 is 2.65 bits per heavy atom. The molecule has 8 nitrogen and oxygen atoms in total. The van der Waals surface area contributed by atoms with Crippen molar-refractivity contribution in [1.29, 1.82) is 0 Å². The van der Waals surface area contributed by atoms with Gasteiger partial charge in [-0.2, -0.15) is 9.78 Å². The monoisotopic (exact) mass is 584 g/mol. The van der Waals surface area contributed by atoms with Gasteiger partial charge in [-0.3, -0.25) is 14.9 Å². The lowest BCUT2D eigenvalue weighted by Crippen LogP contribution is -2.20. The van der Waals surface area contributed by atoms with E-state index in [-0.39, 0.29) is 23.6 Å². The molecule has 0 radical (unpaired) electrons. The topological polar surface area (TPSA) is 99.6 Å². The smallest absolute Gasteiger partial charge is 0.312 e. The van der Waals surface area contributed by atoms with Crippen LogP contribution in [0.3, 0.4) is 0 Å². The fourth-order valence-electron chi connectivity index (χ4n) is 3.46. The minimum atomic E-state index is -0.514. The van der Waals surface area contributed by atoms with Crippen molar-refractivity contribution in [3.8, 4) is 5.75 Å². The summed E-state index contributed by atoms with van der Waals surface area (Å²) in [6, 6.07) is 15.9. The van der Waals surface area contributed by atoms with Gasteiger partial charge in [0, 0.05) is 20.6 Å². The van der Waals surface area contributed by atoms with Gasteiger partial charge in [-0.25, -0.2) is 4.98 Å². The molecule has 3 aromatic carbocycles. The van der Waals surface area contributed by atoms with Crippen LogP contribution in [0.15, 0.2) is 73.4 Å². The molecule has 4 aromatic rings. The summed E-state index contributed by atoms with van der Waals surface area (Å²) in [5.41, 5.74) is 2.25. The van der Waals surface area contributed by atoms with E-state index in [1.165, 1.54) is 12.3 Å². The number of hydrogen-bond donors (Lipinski definition) is 0. The molecule has 172 valence electrons. The predicted molar refractivity (Wildman–Crippen MR) is 138 cm³/mol. The SMILES string of the molecule is Cc1cccc(COc2c(C=Nn3c(C)nc4ccc(Br)cc4c3=O)cc(Br)cc2[N+](=O)[O-])c1. The summed E-state index contributed by atoms with van der Waals surface area (Å²) in [6.07, 6.45) is 1.36. The van der Waals surface area contributed by atoms with E-state index in [9.17, 15) is 14.9 Å². The zero-order chi connectivity index (χ0) is 24.4. The third kappa shape index (κ3) is 5.07. The second-order valence-corrected chi connectivity index (χ2v) is 9.39. The zero-order valence-electron chi connectivity index (χ0n) is 18.2. The number of benzene rings is 3. The van der Waals surface area contributed by atoms with Gasteiger partial charge in [-0.1, -0.05) is 61.7 Å². The number of rotatable bonds is 6. The first-order chi connectivity index (χ1) is 16.2. The van der Waals surface area contributed by atoms with Crippen molar-refractivity contribution in [3.05, 3.63) is 107 Å². The van der Waals surface area contributed by atoms with E-state index in [1.54, 1.807) is 31.2 Å². The highest BCUT2D eigenvalue weighted by molar-refractivity contribution is 9.10. The van der Waals surface area contributed by atoms with E-state index >= 15 is 0 Å². The molecule has 1 aromatic heterocycles. The zero-order valence-corrected chi connectivity index (χ0v) is 21.3. The number of aryl methyl sites for hydroxylation is 2. The summed E-state index contributed by atoms with van der Waals surface area (Å²) >= 11 is 6.67. The van der Waals surface area contributed by atoms with Crippen LogP contribution in [-0.4, -0.2) is 20.8 Å². The van der Waals surface area contributed by atoms with Gasteiger partial charge in [-0.05, 0) is 43.7 Å². The molecule has 0 spiro atoms. The largest absolute Gasteiger partial charge is 0.481 e. The Bertz CT molecular complexity index is 1520. The molecule has 0 aliphatic rings. The Morgan fingerprint density at radius 2 is 1.91 bits per heavy atom. The van der Waals surface area contributed by atoms with Crippen LogP contribution in [0.5, 0.6) is 5.75 Å². The minimum absolute atomic E-state index is 0.0562. The number of hydrogen-bond acceptors (Lipinski definition) is 6. The highest BCUT2D eigenvalue weighted by atomic mass is 79.9. The van der Waals surface area contributed by atoms with E-state index in [1.807, 2.05) is 31.2 Å². The Balaban J connectivity index is 1.78. The standard InChI is InChI=1S/C24H18Br2N4O4/c1-14-4-3-5-16(8-14)13-34-23-17(9-19(26)11-22(23)30(32)33)12-27-29-15(2)28-21-7-6-18(25)10-20(21)24(29)31/h3-12H,13H2,1-2H3. The van der Waals surface area contributed by atoms with Crippen molar-refractivity contribution in [3.63, 3.8) is 0 Å². The summed E-state index contributed by atoms with van der Waals surface area (Å²) in [5.74, 6) is 0.434. The van der Waals surface area contributed by atoms with E-state index in [0.717, 1.165) is 20.3 Å². The number of fused-ring (bicyclic) bond motifs is 1. The summed E-state index contributed by atoms with van der Waals surface area (Å²) in [5, 5.41) is 16.4. The van der Waals surface area contributed by atoms with Gasteiger partial charge >= 0.3 is 5.69 Å². The summed E-state index contributed by atoms with van der Waals surface area (Å²) in [4.78, 5) is 28.7. The van der Waals surface area contributed by atoms with Crippen molar-refractivity contribution in [2.45, 2.75) is 20.5 Å². The van der Waals surface area contributed by atoms with Gasteiger partial charge in [0.2, 0.25) is 5.75 Å². The van der Waals surface area contributed by atoms with E-state index in [0.29, 0.717) is 26.8 Å². The molecule has 10 heteroatoms. The van der Waals surface area contributed by atoms with Crippen LogP contribution in [0.1, 0.15) is 22.5 Å². The highest BCUT2D eigenvalue weighted by Crippen LogP contribution is 2.34. The van der Waals surface area contributed by atoms with Crippen molar-refractivity contribution in [2.24, 2.45) is 5.10 Å². The van der Waals surface area contributed by atoms with Gasteiger partial charge in [0.05, 0.1) is 22.0 Å². The van der Waals surface area contributed by atoms with Crippen LogP contribution < -0.4 is 10.3 Å². The van der Waals surface area contributed by atoms with E-state index < -0.39 is 4.92 Å². The number of aromatic nitrogens is 2. The van der Waals surface area contributed by atoms with Crippen molar-refractivity contribution in [1.82, 2.24) is 9.66 Å². The van der Waals surface area contributed by atoms with Crippen molar-refractivity contribution >= 4 is 54.7 Å². The normalized spacial score (nSPS) is 11.3. The Morgan fingerprint density at radius 1 is 1.12 bits per heavy atom. The first-order valence-electron chi connectivity index (χ1n) is 10.1. The molecule has 34 heavy (non-hydrogen) atoms. The van der Waals surface area contributed by atoms with Gasteiger partial charge in [-0.15, -0.1) is 0 Å². The maximum absolute atomic E-state index is 13.0. The molecular formula is C24H18Br2N4O4. The van der Waals surface area contributed by atoms with Crippen LogP contribution >= 0.6 is 31.9 Å². The molecule has 0 fully saturated rings. The number of halogens is 2. The summed E-state index contributed by atoms with van der Waals surface area (Å²) in [7, 11) is 0. The van der Waals surface area contributed by atoms with Crippen molar-refractivity contribution < 1.29 is 9.66 Å². The molecule has 0 saturated heterocycles. The molecule has 0 atom stereocenters. The molecule has 1 heterocycles. The number of nitrogens with zero attached hydrogens (tertiary/aromatic N) is 4. The van der Waals surface area contributed by atoms with E-state index in [4.69, 9.17) is 4.74 Å². The molecule has 0 unspecified atom stereocenters. The Kier molecular flexibility index (Phi) is 6.90. The van der Waals surface area contributed by atoms with Crippen LogP contribution in [0, 0.1) is 24.0 Å². The highest BCUT2D eigenvalue weighted by Gasteiger charge is 2.21. The number of ether oxygens (including phenoxy) is 1. The molecule has 0 bridgehead atoms. The lowest BCUT2D eigenvalue weighted by Gasteiger charge is -2.11. The van der Waals surface area contributed by atoms with Gasteiger partial charge in [0.1, 0.15) is 12.4 Å². The molecule has 0 aliphatic heterocycles. The summed E-state index contributed by atoms with van der Waals surface area (Å²) in [6.45, 7) is 3.76. The van der Waals surface area contributed by atoms with Gasteiger partial charge in [0.25, 0.3) is 5.56 Å². The lowest BCUT2D eigenvalue weighted by atomic mass is 10.1. The quantitative estimate of drug-likeness (QED) is 0.159. The summed E-state index contributed by atoms with van der Waals surface area (Å²) < 4.78 is 8.28. The van der Waals surface area contributed by atoms with Gasteiger partial charge < -0.3 is 4.74 Å². The third-order valence-electron chi connectivity index (χ3n) is 5.01. The maximum Gasteiger partial charge on any atom is 0.312 e. The first-order valence-corrected chi connectivity index (χ1v) is 11.7. The molecule has 0 aliphatic carbocycles. The van der Waals surface area contributed by atoms with Crippen LogP contribution in [0.4, 0.5) is 5.69 Å². The third-order valence-corrected chi connectivity index (χ3v) is 5.96. The maximum atomic E-state index is 13.0. The average molecular weight is 586 g/mol. The fourth-order valence-corrected chi connectivity index (χ4v) is 4.29. The van der Waals surface area contributed by atoms with Crippen LogP contribution in [-0.2, 0) is 6.61 Å².